The van der Waals surface area contributed by atoms with Crippen molar-refractivity contribution >= 4 is 11.4 Å². The van der Waals surface area contributed by atoms with Gasteiger partial charge in [-0.25, -0.2) is 0 Å². The van der Waals surface area contributed by atoms with Crippen LogP contribution in [0.15, 0.2) is 18.2 Å². The molecule has 0 radical (unpaired) electrons. The number of hydrogen-bond acceptors (Lipinski definition) is 4. The van der Waals surface area contributed by atoms with Crippen LogP contribution in [-0.2, 0) is 0 Å². The van der Waals surface area contributed by atoms with Crippen LogP contribution in [0.1, 0.15) is 25.8 Å². The molecule has 3 N–H and O–H groups in total. The number of nitrogens with one attached hydrogen (secondary N) is 1. The van der Waals surface area contributed by atoms with Crippen molar-refractivity contribution in [3.63, 3.8) is 0 Å². The van der Waals surface area contributed by atoms with E-state index in [1.807, 2.05) is 20.8 Å². The van der Waals surface area contributed by atoms with Gasteiger partial charge in [0, 0.05) is 29.9 Å². The smallest absolute Gasteiger partial charge is 0.271 e. The molecule has 0 aliphatic rings. The molecule has 1 aromatic rings. The third kappa shape index (κ3) is 4.40. The topological polar surface area (TPSA) is 81.2 Å². The van der Waals surface area contributed by atoms with E-state index in [9.17, 15) is 10.1 Å². The van der Waals surface area contributed by atoms with E-state index in [-0.39, 0.29) is 11.2 Å². The minimum atomic E-state index is -0.391. The van der Waals surface area contributed by atoms with Crippen LogP contribution in [0.3, 0.4) is 0 Å². The SMILES string of the molecule is Cc1ccc([N+](=O)[O-])cc1NCCC(C)(C)N. The van der Waals surface area contributed by atoms with Crippen LogP contribution in [0.2, 0.25) is 0 Å². The molecule has 0 amide bonds. The van der Waals surface area contributed by atoms with E-state index in [1.54, 1.807) is 12.1 Å². The summed E-state index contributed by atoms with van der Waals surface area (Å²) in [6.45, 7) is 6.52. The molecule has 5 nitrogen and oxygen atoms in total. The Kier molecular flexibility index (Phi) is 4.07. The Morgan fingerprint density at radius 3 is 2.65 bits per heavy atom. The van der Waals surface area contributed by atoms with Gasteiger partial charge in [-0.2, -0.15) is 0 Å². The van der Waals surface area contributed by atoms with Crippen molar-refractivity contribution in [2.45, 2.75) is 32.7 Å². The first-order valence-corrected chi connectivity index (χ1v) is 5.57. The highest BCUT2D eigenvalue weighted by Crippen LogP contribution is 2.22. The molecule has 0 aliphatic carbocycles. The number of benzene rings is 1. The monoisotopic (exact) mass is 237 g/mol. The molecule has 0 saturated heterocycles. The van der Waals surface area contributed by atoms with E-state index in [0.717, 1.165) is 17.7 Å². The maximum Gasteiger partial charge on any atom is 0.271 e. The molecule has 0 aliphatic heterocycles. The second-order valence-electron chi connectivity index (χ2n) is 4.92. The molecule has 0 heterocycles. The third-order valence-corrected chi connectivity index (χ3v) is 2.52. The Morgan fingerprint density at radius 2 is 2.12 bits per heavy atom. The number of hydrogen-bond donors (Lipinski definition) is 2. The summed E-state index contributed by atoms with van der Waals surface area (Å²) in [6, 6.07) is 4.81. The van der Waals surface area contributed by atoms with Crippen LogP contribution in [-0.4, -0.2) is 17.0 Å². The van der Waals surface area contributed by atoms with Crippen LogP contribution in [0.4, 0.5) is 11.4 Å². The standard InChI is InChI=1S/C12H19N3O2/c1-9-4-5-10(15(16)17)8-11(9)14-7-6-12(2,3)13/h4-5,8,14H,6-7,13H2,1-3H3. The predicted octanol–water partition coefficient (Wildman–Crippen LogP) is 2.44. The molecule has 1 aromatic carbocycles. The zero-order valence-corrected chi connectivity index (χ0v) is 10.5. The van der Waals surface area contributed by atoms with Gasteiger partial charge in [0.05, 0.1) is 4.92 Å². The Labute approximate surface area is 101 Å². The van der Waals surface area contributed by atoms with Gasteiger partial charge in [0.25, 0.3) is 5.69 Å². The van der Waals surface area contributed by atoms with Gasteiger partial charge >= 0.3 is 0 Å². The minimum Gasteiger partial charge on any atom is -0.385 e. The molecule has 0 atom stereocenters. The normalized spacial score (nSPS) is 11.3. The highest BCUT2D eigenvalue weighted by atomic mass is 16.6. The van der Waals surface area contributed by atoms with Gasteiger partial charge in [-0.1, -0.05) is 6.07 Å². The van der Waals surface area contributed by atoms with Crippen molar-refractivity contribution in [3.8, 4) is 0 Å². The Bertz CT molecular complexity index is 411. The van der Waals surface area contributed by atoms with Gasteiger partial charge in [-0.15, -0.1) is 0 Å². The van der Waals surface area contributed by atoms with Crippen molar-refractivity contribution in [1.82, 2.24) is 0 Å². The number of anilines is 1. The fourth-order valence-corrected chi connectivity index (χ4v) is 1.43. The summed E-state index contributed by atoms with van der Waals surface area (Å²) in [5, 5.41) is 13.8. The predicted molar refractivity (Wildman–Crippen MR) is 69.2 cm³/mol. The zero-order valence-electron chi connectivity index (χ0n) is 10.5. The van der Waals surface area contributed by atoms with E-state index < -0.39 is 4.92 Å². The summed E-state index contributed by atoms with van der Waals surface area (Å²) in [5.41, 5.74) is 7.52. The third-order valence-electron chi connectivity index (χ3n) is 2.52. The first kappa shape index (κ1) is 13.4. The molecule has 0 unspecified atom stereocenters. The molecule has 5 heteroatoms. The maximum absolute atomic E-state index is 10.7. The van der Waals surface area contributed by atoms with Gasteiger partial charge in [0.2, 0.25) is 0 Å². The van der Waals surface area contributed by atoms with Gasteiger partial charge in [0.1, 0.15) is 0 Å². The molecule has 17 heavy (non-hydrogen) atoms. The lowest BCUT2D eigenvalue weighted by Crippen LogP contribution is -2.34. The first-order valence-electron chi connectivity index (χ1n) is 5.57. The maximum atomic E-state index is 10.7. The highest BCUT2D eigenvalue weighted by molar-refractivity contribution is 5.56. The van der Waals surface area contributed by atoms with Crippen molar-refractivity contribution in [2.24, 2.45) is 5.73 Å². The molecule has 1 rings (SSSR count). The molecule has 0 spiro atoms. The summed E-state index contributed by atoms with van der Waals surface area (Å²) >= 11 is 0. The van der Waals surface area contributed by atoms with E-state index in [4.69, 9.17) is 5.73 Å². The number of nitrogens with two attached hydrogens (primary N) is 1. The summed E-state index contributed by atoms with van der Waals surface area (Å²) in [4.78, 5) is 10.3. The average Bonchev–Trinajstić information content (AvgIpc) is 2.18. The van der Waals surface area contributed by atoms with Crippen LogP contribution >= 0.6 is 0 Å². The van der Waals surface area contributed by atoms with E-state index in [1.165, 1.54) is 6.07 Å². The summed E-state index contributed by atoms with van der Waals surface area (Å²) in [5.74, 6) is 0. The number of nitrogens with zero attached hydrogens (tertiary/aromatic N) is 1. The minimum absolute atomic E-state index is 0.102. The van der Waals surface area contributed by atoms with Crippen molar-refractivity contribution in [3.05, 3.63) is 33.9 Å². The lowest BCUT2D eigenvalue weighted by atomic mass is 10.0. The number of non-ortho nitro benzene ring substituents is 1. The molecule has 0 saturated carbocycles. The van der Waals surface area contributed by atoms with Gasteiger partial charge in [-0.3, -0.25) is 10.1 Å². The van der Waals surface area contributed by atoms with Crippen molar-refractivity contribution < 1.29 is 4.92 Å². The molecular weight excluding hydrogens is 218 g/mol. The lowest BCUT2D eigenvalue weighted by Gasteiger charge is -2.19. The average molecular weight is 237 g/mol. The Morgan fingerprint density at radius 1 is 1.47 bits per heavy atom. The van der Waals surface area contributed by atoms with E-state index in [0.29, 0.717) is 6.54 Å². The lowest BCUT2D eigenvalue weighted by molar-refractivity contribution is -0.384. The Hall–Kier alpha value is -1.62. The van der Waals surface area contributed by atoms with Crippen molar-refractivity contribution in [1.29, 1.82) is 0 Å². The van der Waals surface area contributed by atoms with Gasteiger partial charge in [-0.05, 0) is 32.8 Å². The van der Waals surface area contributed by atoms with Crippen molar-refractivity contribution in [2.75, 3.05) is 11.9 Å². The number of rotatable bonds is 5. The van der Waals surface area contributed by atoms with Crippen LogP contribution in [0.5, 0.6) is 0 Å². The van der Waals surface area contributed by atoms with Crippen LogP contribution in [0.25, 0.3) is 0 Å². The summed E-state index contributed by atoms with van der Waals surface area (Å²) in [6.07, 6.45) is 0.801. The fourth-order valence-electron chi connectivity index (χ4n) is 1.43. The quantitative estimate of drug-likeness (QED) is 0.608. The highest BCUT2D eigenvalue weighted by Gasteiger charge is 2.11. The van der Waals surface area contributed by atoms with E-state index in [2.05, 4.69) is 5.32 Å². The number of nitro groups is 1. The van der Waals surface area contributed by atoms with Crippen LogP contribution in [0, 0.1) is 17.0 Å². The summed E-state index contributed by atoms with van der Waals surface area (Å²) < 4.78 is 0. The molecule has 0 bridgehead atoms. The fraction of sp³-hybridized carbons (Fsp3) is 0.500. The number of aryl methyl sites for hydroxylation is 1. The van der Waals surface area contributed by atoms with E-state index >= 15 is 0 Å². The van der Waals surface area contributed by atoms with Gasteiger partial charge < -0.3 is 11.1 Å². The first-order chi connectivity index (χ1) is 7.79. The van der Waals surface area contributed by atoms with Gasteiger partial charge in [0.15, 0.2) is 0 Å². The largest absolute Gasteiger partial charge is 0.385 e. The Balaban J connectivity index is 2.70. The molecule has 94 valence electrons. The second-order valence-corrected chi connectivity index (χ2v) is 4.92. The van der Waals surface area contributed by atoms with Crippen LogP contribution < -0.4 is 11.1 Å². The molecule has 0 fully saturated rings. The zero-order chi connectivity index (χ0) is 13.1. The molecular formula is C12H19N3O2. The number of nitro benzene ring substituents is 1. The second kappa shape index (κ2) is 5.14. The summed E-state index contributed by atoms with van der Waals surface area (Å²) in [7, 11) is 0. The molecule has 0 aromatic heterocycles.